The maximum absolute atomic E-state index is 11.2. The van der Waals surface area contributed by atoms with Gasteiger partial charge in [-0.2, -0.15) is 0 Å². The van der Waals surface area contributed by atoms with Crippen LogP contribution in [0.5, 0.6) is 0 Å². The van der Waals surface area contributed by atoms with Crippen molar-refractivity contribution in [3.05, 3.63) is 83.9 Å². The summed E-state index contributed by atoms with van der Waals surface area (Å²) < 4.78 is 0. The normalized spacial score (nSPS) is 9.78. The second-order valence-corrected chi connectivity index (χ2v) is 4.72. The zero-order valence-corrected chi connectivity index (χ0v) is 12.8. The Hall–Kier alpha value is -3.01. The molecule has 0 amide bonds. The molecule has 0 saturated carbocycles. The minimum Gasteiger partial charge on any atom is -0.478 e. The Bertz CT molecular complexity index is 673. The lowest BCUT2D eigenvalue weighted by atomic mass is 10.1. The monoisotopic (exact) mass is 310 g/mol. The molecule has 0 aliphatic carbocycles. The molecule has 0 fully saturated rings. The number of benzene rings is 2. The molecule has 4 nitrogen and oxygen atoms in total. The zero-order valence-electron chi connectivity index (χ0n) is 12.8. The Morgan fingerprint density at radius 2 is 1.39 bits per heavy atom. The van der Waals surface area contributed by atoms with Gasteiger partial charge < -0.3 is 5.11 Å². The quantitative estimate of drug-likeness (QED) is 0.679. The number of rotatable bonds is 5. The Balaban J connectivity index is 0.000000253. The van der Waals surface area contributed by atoms with E-state index in [2.05, 4.69) is 0 Å². The van der Waals surface area contributed by atoms with Crippen molar-refractivity contribution in [1.82, 2.24) is 0 Å². The topological polar surface area (TPSA) is 71.4 Å². The Morgan fingerprint density at radius 1 is 0.870 bits per heavy atom. The summed E-state index contributed by atoms with van der Waals surface area (Å²) in [5, 5.41) is 8.29. The van der Waals surface area contributed by atoms with E-state index >= 15 is 0 Å². The van der Waals surface area contributed by atoms with Gasteiger partial charge in [-0.3, -0.25) is 9.59 Å². The predicted molar refractivity (Wildman–Crippen MR) is 88.4 cm³/mol. The van der Waals surface area contributed by atoms with Gasteiger partial charge in [0.25, 0.3) is 0 Å². The Morgan fingerprint density at radius 3 is 1.83 bits per heavy atom. The fourth-order valence-electron chi connectivity index (χ4n) is 1.69. The summed E-state index contributed by atoms with van der Waals surface area (Å²) in [6.07, 6.45) is 2.17. The van der Waals surface area contributed by atoms with E-state index in [1.807, 2.05) is 60.7 Å². The number of aliphatic carboxylic acids is 1. The first-order valence-electron chi connectivity index (χ1n) is 7.03. The summed E-state index contributed by atoms with van der Waals surface area (Å²) in [6.45, 7) is 1.56. The first-order chi connectivity index (χ1) is 11.0. The van der Waals surface area contributed by atoms with Gasteiger partial charge in [0.1, 0.15) is 0 Å². The summed E-state index contributed by atoms with van der Waals surface area (Å²) in [4.78, 5) is 31.9. The third-order valence-electron chi connectivity index (χ3n) is 2.81. The second-order valence-electron chi connectivity index (χ2n) is 4.72. The van der Waals surface area contributed by atoms with Gasteiger partial charge in [-0.05, 0) is 18.6 Å². The highest BCUT2D eigenvalue weighted by molar-refractivity contribution is 5.96. The smallest absolute Gasteiger partial charge is 0.328 e. The van der Waals surface area contributed by atoms with Crippen LogP contribution < -0.4 is 0 Å². The van der Waals surface area contributed by atoms with E-state index in [9.17, 15) is 14.4 Å². The van der Waals surface area contributed by atoms with Crippen LogP contribution in [-0.2, 0) is 16.0 Å². The number of carbonyl (C=O) groups is 3. The van der Waals surface area contributed by atoms with Crippen molar-refractivity contribution in [3.63, 3.8) is 0 Å². The molecular formula is C19H18O4. The van der Waals surface area contributed by atoms with Crippen molar-refractivity contribution < 1.29 is 19.5 Å². The van der Waals surface area contributed by atoms with E-state index in [1.165, 1.54) is 0 Å². The fourth-order valence-corrected chi connectivity index (χ4v) is 1.69. The molecule has 0 aromatic heterocycles. The highest BCUT2D eigenvalue weighted by Gasteiger charge is 1.99. The number of ketones is 2. The second kappa shape index (κ2) is 9.84. The van der Waals surface area contributed by atoms with E-state index in [0.717, 1.165) is 23.3 Å². The molecule has 2 aromatic rings. The number of allylic oxidation sites excluding steroid dienone is 1. The summed E-state index contributed by atoms with van der Waals surface area (Å²) in [5.74, 6) is -1.19. The molecule has 0 heterocycles. The highest BCUT2D eigenvalue weighted by Crippen LogP contribution is 2.00. The van der Waals surface area contributed by atoms with Gasteiger partial charge in [0, 0.05) is 18.1 Å². The number of carbonyl (C=O) groups excluding carboxylic acids is 2. The van der Waals surface area contributed by atoms with Crippen molar-refractivity contribution in [2.45, 2.75) is 13.3 Å². The number of carboxylic acids is 1. The molecule has 0 aliphatic rings. The van der Waals surface area contributed by atoms with E-state index in [1.54, 1.807) is 6.92 Å². The minimum absolute atomic E-state index is 0.121. The predicted octanol–water partition coefficient (Wildman–Crippen LogP) is 3.33. The van der Waals surface area contributed by atoms with Crippen molar-refractivity contribution in [3.8, 4) is 0 Å². The SMILES string of the molecule is CC(=O)c1ccccc1.O=C(O)/C=C\C(=O)Cc1ccccc1. The number of hydrogen-bond donors (Lipinski definition) is 1. The molecule has 0 saturated heterocycles. The van der Waals surface area contributed by atoms with E-state index in [4.69, 9.17) is 5.11 Å². The van der Waals surface area contributed by atoms with Crippen LogP contribution in [0.25, 0.3) is 0 Å². The van der Waals surface area contributed by atoms with E-state index < -0.39 is 5.97 Å². The fraction of sp³-hybridized carbons (Fsp3) is 0.105. The Labute approximate surface area is 135 Å². The number of hydrogen-bond acceptors (Lipinski definition) is 3. The lowest BCUT2D eigenvalue weighted by Crippen LogP contribution is -1.99. The standard InChI is InChI=1S/C11H10O3.C8H8O/c12-10(6-7-11(13)14)8-9-4-2-1-3-5-9;1-7(9)8-5-3-2-4-6-8/h1-7H,8H2,(H,13,14);2-6H,1H3/b7-6-;. The summed E-state index contributed by atoms with van der Waals surface area (Å²) >= 11 is 0. The van der Waals surface area contributed by atoms with Gasteiger partial charge in [0.15, 0.2) is 11.6 Å². The summed E-state index contributed by atoms with van der Waals surface area (Å²) in [5.41, 5.74) is 1.66. The lowest BCUT2D eigenvalue weighted by Gasteiger charge is -1.95. The van der Waals surface area contributed by atoms with Crippen molar-refractivity contribution in [2.24, 2.45) is 0 Å². The van der Waals surface area contributed by atoms with Crippen LogP contribution in [0.15, 0.2) is 72.8 Å². The molecule has 1 N–H and O–H groups in total. The van der Waals surface area contributed by atoms with Crippen LogP contribution in [0, 0.1) is 0 Å². The minimum atomic E-state index is -1.11. The van der Waals surface area contributed by atoms with Crippen LogP contribution in [-0.4, -0.2) is 22.6 Å². The number of carboxylic acid groups (broad SMARTS) is 1. The molecule has 2 rings (SSSR count). The van der Waals surface area contributed by atoms with Crippen molar-refractivity contribution >= 4 is 17.5 Å². The van der Waals surface area contributed by atoms with Crippen LogP contribution in [0.4, 0.5) is 0 Å². The maximum Gasteiger partial charge on any atom is 0.328 e. The average molecular weight is 310 g/mol. The molecule has 0 unspecified atom stereocenters. The Kier molecular flexibility index (Phi) is 7.72. The van der Waals surface area contributed by atoms with Gasteiger partial charge in [-0.1, -0.05) is 60.7 Å². The zero-order chi connectivity index (χ0) is 17.1. The molecule has 0 spiro atoms. The van der Waals surface area contributed by atoms with Gasteiger partial charge >= 0.3 is 5.97 Å². The molecule has 4 heteroatoms. The van der Waals surface area contributed by atoms with Gasteiger partial charge in [0.2, 0.25) is 0 Å². The molecule has 0 bridgehead atoms. The molecule has 2 aromatic carbocycles. The first kappa shape index (κ1) is 18.0. The average Bonchev–Trinajstić information content (AvgIpc) is 2.55. The molecule has 118 valence electrons. The summed E-state index contributed by atoms with van der Waals surface area (Å²) in [7, 11) is 0. The van der Waals surface area contributed by atoms with Crippen LogP contribution in [0.1, 0.15) is 22.8 Å². The van der Waals surface area contributed by atoms with Gasteiger partial charge in [-0.25, -0.2) is 4.79 Å². The molecule has 0 aliphatic heterocycles. The molecular weight excluding hydrogens is 292 g/mol. The maximum atomic E-state index is 11.2. The third-order valence-corrected chi connectivity index (χ3v) is 2.81. The van der Waals surface area contributed by atoms with E-state index in [0.29, 0.717) is 0 Å². The van der Waals surface area contributed by atoms with Gasteiger partial charge in [0.05, 0.1) is 0 Å². The first-order valence-corrected chi connectivity index (χ1v) is 7.03. The molecule has 23 heavy (non-hydrogen) atoms. The summed E-state index contributed by atoms with van der Waals surface area (Å²) in [6, 6.07) is 18.4. The lowest BCUT2D eigenvalue weighted by molar-refractivity contribution is -0.131. The van der Waals surface area contributed by atoms with E-state index in [-0.39, 0.29) is 18.0 Å². The van der Waals surface area contributed by atoms with Crippen LogP contribution in [0.2, 0.25) is 0 Å². The molecule has 0 atom stereocenters. The largest absolute Gasteiger partial charge is 0.478 e. The van der Waals surface area contributed by atoms with Crippen molar-refractivity contribution in [2.75, 3.05) is 0 Å². The van der Waals surface area contributed by atoms with Crippen LogP contribution in [0.3, 0.4) is 0 Å². The third kappa shape index (κ3) is 8.12. The number of Topliss-reactive ketones (excluding diaryl/α,β-unsaturated/α-hetero) is 1. The van der Waals surface area contributed by atoms with Crippen molar-refractivity contribution in [1.29, 1.82) is 0 Å². The highest BCUT2D eigenvalue weighted by atomic mass is 16.4. The van der Waals surface area contributed by atoms with Gasteiger partial charge in [-0.15, -0.1) is 0 Å². The van der Waals surface area contributed by atoms with Crippen LogP contribution >= 0.6 is 0 Å². The molecule has 0 radical (unpaired) electrons.